The highest BCUT2D eigenvalue weighted by atomic mass is 16.2. The summed E-state index contributed by atoms with van der Waals surface area (Å²) in [6.45, 7) is 15.4. The lowest BCUT2D eigenvalue weighted by Gasteiger charge is -2.37. The Hall–Kier alpha value is -2.17. The lowest BCUT2D eigenvalue weighted by molar-refractivity contribution is -0.121. The summed E-state index contributed by atoms with van der Waals surface area (Å²) in [6.07, 6.45) is 0. The van der Waals surface area contributed by atoms with Gasteiger partial charge in [0.05, 0.1) is 6.04 Å². The number of nitrogens with one attached hydrogen (secondary N) is 1. The highest BCUT2D eigenvalue weighted by Crippen LogP contribution is 2.27. The Labute approximate surface area is 175 Å². The van der Waals surface area contributed by atoms with Crippen LogP contribution in [-0.4, -0.2) is 47.9 Å². The average Bonchev–Trinajstić information content (AvgIpc) is 2.71. The van der Waals surface area contributed by atoms with Crippen molar-refractivity contribution < 1.29 is 4.79 Å². The number of anilines is 1. The molecule has 1 aliphatic heterocycles. The zero-order valence-corrected chi connectivity index (χ0v) is 18.5. The van der Waals surface area contributed by atoms with Gasteiger partial charge in [-0.25, -0.2) is 0 Å². The van der Waals surface area contributed by atoms with E-state index in [-0.39, 0.29) is 11.9 Å². The van der Waals surface area contributed by atoms with E-state index in [1.807, 2.05) is 6.92 Å². The molecule has 2 aromatic carbocycles. The Kier molecular flexibility index (Phi) is 7.09. The summed E-state index contributed by atoms with van der Waals surface area (Å²) >= 11 is 0. The molecule has 1 fully saturated rings. The maximum Gasteiger partial charge on any atom is 0.241 e. The molecule has 29 heavy (non-hydrogen) atoms. The predicted octanol–water partition coefficient (Wildman–Crippen LogP) is 4.57. The van der Waals surface area contributed by atoms with Crippen LogP contribution in [0.15, 0.2) is 42.5 Å². The van der Waals surface area contributed by atoms with E-state index in [1.165, 1.54) is 16.7 Å². The average molecular weight is 394 g/mol. The molecule has 0 bridgehead atoms. The summed E-state index contributed by atoms with van der Waals surface area (Å²) in [4.78, 5) is 17.8. The lowest BCUT2D eigenvalue weighted by atomic mass is 9.98. The van der Waals surface area contributed by atoms with Gasteiger partial charge in [-0.1, -0.05) is 56.3 Å². The second-order valence-electron chi connectivity index (χ2n) is 8.60. The fourth-order valence-corrected chi connectivity index (χ4v) is 4.07. The molecule has 2 aromatic rings. The molecule has 0 saturated carbocycles. The third kappa shape index (κ3) is 5.26. The van der Waals surface area contributed by atoms with E-state index in [1.54, 1.807) is 0 Å². The fourth-order valence-electron chi connectivity index (χ4n) is 4.07. The number of hydrogen-bond donors (Lipinski definition) is 1. The van der Waals surface area contributed by atoms with Crippen LogP contribution in [0.1, 0.15) is 48.9 Å². The highest BCUT2D eigenvalue weighted by Gasteiger charge is 2.26. The predicted molar refractivity (Wildman–Crippen MR) is 121 cm³/mol. The standard InChI is InChI=1S/C25H35N3O/c1-18(2)23-12-8-10-20(4)24(23)26-25(29)21(5)28-15-13-27(14-16-28)17-22-11-7-6-9-19(22)3/h6-12,18,21H,13-17H2,1-5H3,(H,26,29)/t21-/m0/s1. The fraction of sp³-hybridized carbons (Fsp3) is 0.480. The maximum absolute atomic E-state index is 13.0. The van der Waals surface area contributed by atoms with Gasteiger partial charge in [0.2, 0.25) is 5.91 Å². The first kappa shape index (κ1) is 21.5. The van der Waals surface area contributed by atoms with Crippen LogP contribution in [0.2, 0.25) is 0 Å². The minimum atomic E-state index is -0.129. The normalized spacial score (nSPS) is 16.8. The SMILES string of the molecule is Cc1ccccc1CN1CCN([C@@H](C)C(=O)Nc2c(C)cccc2C(C)C)CC1. The molecule has 0 radical (unpaired) electrons. The van der Waals surface area contributed by atoms with E-state index < -0.39 is 0 Å². The Morgan fingerprint density at radius 2 is 1.59 bits per heavy atom. The van der Waals surface area contributed by atoms with Crippen molar-refractivity contribution in [3.8, 4) is 0 Å². The minimum absolute atomic E-state index is 0.0913. The molecule has 1 saturated heterocycles. The lowest BCUT2D eigenvalue weighted by Crippen LogP contribution is -2.52. The number of hydrogen-bond acceptors (Lipinski definition) is 3. The third-order valence-electron chi connectivity index (χ3n) is 6.16. The van der Waals surface area contributed by atoms with Gasteiger partial charge in [-0.15, -0.1) is 0 Å². The van der Waals surface area contributed by atoms with Crippen molar-refractivity contribution in [3.63, 3.8) is 0 Å². The van der Waals surface area contributed by atoms with E-state index in [0.29, 0.717) is 5.92 Å². The molecule has 1 heterocycles. The molecule has 1 aliphatic rings. The number of para-hydroxylation sites is 1. The third-order valence-corrected chi connectivity index (χ3v) is 6.16. The Morgan fingerprint density at radius 3 is 2.24 bits per heavy atom. The number of benzene rings is 2. The number of amides is 1. The molecule has 4 nitrogen and oxygen atoms in total. The van der Waals surface area contributed by atoms with E-state index in [0.717, 1.165) is 44.0 Å². The van der Waals surface area contributed by atoms with Crippen LogP contribution in [0.5, 0.6) is 0 Å². The Bertz CT molecular complexity index is 838. The van der Waals surface area contributed by atoms with Gasteiger partial charge in [0.25, 0.3) is 0 Å². The van der Waals surface area contributed by atoms with Gasteiger partial charge in [-0.05, 0) is 48.9 Å². The van der Waals surface area contributed by atoms with E-state index in [2.05, 4.69) is 85.3 Å². The Morgan fingerprint density at radius 1 is 0.931 bits per heavy atom. The van der Waals surface area contributed by atoms with Gasteiger partial charge in [-0.2, -0.15) is 0 Å². The van der Waals surface area contributed by atoms with Crippen LogP contribution in [0.25, 0.3) is 0 Å². The number of rotatable bonds is 6. The zero-order chi connectivity index (χ0) is 21.0. The Balaban J connectivity index is 1.58. The summed E-state index contributed by atoms with van der Waals surface area (Å²) in [6, 6.07) is 14.7. The van der Waals surface area contributed by atoms with Crippen molar-refractivity contribution in [1.29, 1.82) is 0 Å². The van der Waals surface area contributed by atoms with Crippen LogP contribution < -0.4 is 5.32 Å². The second kappa shape index (κ2) is 9.55. The van der Waals surface area contributed by atoms with Gasteiger partial charge in [0, 0.05) is 38.4 Å². The summed E-state index contributed by atoms with van der Waals surface area (Å²) in [5, 5.41) is 3.22. The van der Waals surface area contributed by atoms with Gasteiger partial charge in [0.15, 0.2) is 0 Å². The van der Waals surface area contributed by atoms with Crippen molar-refractivity contribution in [2.24, 2.45) is 0 Å². The minimum Gasteiger partial charge on any atom is -0.324 e. The number of aryl methyl sites for hydroxylation is 2. The number of piperazine rings is 1. The van der Waals surface area contributed by atoms with Crippen LogP contribution in [-0.2, 0) is 11.3 Å². The molecule has 0 aliphatic carbocycles. The van der Waals surface area contributed by atoms with Crippen LogP contribution in [0.3, 0.4) is 0 Å². The molecule has 1 amide bonds. The van der Waals surface area contributed by atoms with E-state index >= 15 is 0 Å². The van der Waals surface area contributed by atoms with Crippen molar-refractivity contribution in [2.75, 3.05) is 31.5 Å². The summed E-state index contributed by atoms with van der Waals surface area (Å²) < 4.78 is 0. The molecule has 0 aromatic heterocycles. The quantitative estimate of drug-likeness (QED) is 0.781. The molecule has 0 unspecified atom stereocenters. The zero-order valence-electron chi connectivity index (χ0n) is 18.5. The molecule has 4 heteroatoms. The second-order valence-corrected chi connectivity index (χ2v) is 8.60. The van der Waals surface area contributed by atoms with Gasteiger partial charge < -0.3 is 5.32 Å². The van der Waals surface area contributed by atoms with Crippen molar-refractivity contribution >= 4 is 11.6 Å². The van der Waals surface area contributed by atoms with E-state index in [9.17, 15) is 4.79 Å². The molecule has 1 atom stereocenters. The first-order valence-electron chi connectivity index (χ1n) is 10.8. The summed E-state index contributed by atoms with van der Waals surface area (Å²) in [7, 11) is 0. The van der Waals surface area contributed by atoms with Gasteiger partial charge in [-0.3, -0.25) is 14.6 Å². The molecule has 0 spiro atoms. The van der Waals surface area contributed by atoms with Crippen molar-refractivity contribution in [2.45, 2.75) is 53.1 Å². The molecule has 156 valence electrons. The van der Waals surface area contributed by atoms with Crippen molar-refractivity contribution in [1.82, 2.24) is 9.80 Å². The summed E-state index contributed by atoms with van der Waals surface area (Å²) in [5.74, 6) is 0.471. The first-order valence-corrected chi connectivity index (χ1v) is 10.8. The molecular weight excluding hydrogens is 358 g/mol. The largest absolute Gasteiger partial charge is 0.324 e. The first-order chi connectivity index (χ1) is 13.9. The number of nitrogens with zero attached hydrogens (tertiary/aromatic N) is 2. The number of carbonyl (C=O) groups is 1. The van der Waals surface area contributed by atoms with E-state index in [4.69, 9.17) is 0 Å². The molecule has 1 N–H and O–H groups in total. The van der Waals surface area contributed by atoms with Gasteiger partial charge in [0.1, 0.15) is 0 Å². The number of carbonyl (C=O) groups excluding carboxylic acids is 1. The summed E-state index contributed by atoms with van der Waals surface area (Å²) in [5.41, 5.74) is 6.06. The van der Waals surface area contributed by atoms with Gasteiger partial charge >= 0.3 is 0 Å². The maximum atomic E-state index is 13.0. The van der Waals surface area contributed by atoms with Crippen LogP contribution >= 0.6 is 0 Å². The van der Waals surface area contributed by atoms with Crippen molar-refractivity contribution in [3.05, 3.63) is 64.7 Å². The molecule has 3 rings (SSSR count). The molecular formula is C25H35N3O. The smallest absolute Gasteiger partial charge is 0.241 e. The topological polar surface area (TPSA) is 35.6 Å². The van der Waals surface area contributed by atoms with Crippen LogP contribution in [0, 0.1) is 13.8 Å². The van der Waals surface area contributed by atoms with Crippen LogP contribution in [0.4, 0.5) is 5.69 Å². The monoisotopic (exact) mass is 393 g/mol. The highest BCUT2D eigenvalue weighted by molar-refractivity contribution is 5.96.